The van der Waals surface area contributed by atoms with E-state index in [1.54, 1.807) is 27.2 Å². The van der Waals surface area contributed by atoms with Gasteiger partial charge in [-0.05, 0) is 30.9 Å². The number of sulfonamides is 1. The molecule has 1 aliphatic rings. The van der Waals surface area contributed by atoms with Gasteiger partial charge in [-0.2, -0.15) is 0 Å². The van der Waals surface area contributed by atoms with Crippen LogP contribution in [0, 0.1) is 5.92 Å². The number of hydrogen-bond donors (Lipinski definition) is 1. The maximum Gasteiger partial charge on any atom is 0.252 e. The summed E-state index contributed by atoms with van der Waals surface area (Å²) in [6.45, 7) is 4.89. The maximum absolute atomic E-state index is 12.1. The van der Waals surface area contributed by atoms with E-state index in [-0.39, 0.29) is 0 Å². The minimum absolute atomic E-state index is 0.376. The molecule has 1 aromatic rings. The molecule has 0 bridgehead atoms. The highest BCUT2D eigenvalue weighted by atomic mass is 32.2. The first-order valence-corrected chi connectivity index (χ1v) is 10.1. The molecule has 1 saturated heterocycles. The number of nitrogens with one attached hydrogen (secondary N) is 1. The van der Waals surface area contributed by atoms with Crippen molar-refractivity contribution >= 4 is 27.3 Å². The van der Waals surface area contributed by atoms with E-state index in [9.17, 15) is 8.42 Å². The van der Waals surface area contributed by atoms with Crippen LogP contribution in [0.2, 0.25) is 0 Å². The van der Waals surface area contributed by atoms with Gasteiger partial charge >= 0.3 is 0 Å². The summed E-state index contributed by atoms with van der Waals surface area (Å²) in [6.07, 6.45) is 2.45. The molecule has 0 aromatic carbocycles. The molecular weight excluding hydrogens is 332 g/mol. The number of thiophene rings is 1. The average Bonchev–Trinajstić information content (AvgIpc) is 2.97. The maximum atomic E-state index is 12.1. The number of hydrogen-bond acceptors (Lipinski definition) is 4. The van der Waals surface area contributed by atoms with Gasteiger partial charge in [0.15, 0.2) is 5.96 Å². The van der Waals surface area contributed by atoms with E-state index in [1.807, 2.05) is 6.07 Å². The number of guanidine groups is 1. The molecule has 0 spiro atoms. The van der Waals surface area contributed by atoms with Crippen molar-refractivity contribution in [3.63, 3.8) is 0 Å². The summed E-state index contributed by atoms with van der Waals surface area (Å²) < 4.78 is 25.8. The van der Waals surface area contributed by atoms with Crippen LogP contribution in [-0.4, -0.2) is 57.8 Å². The lowest BCUT2D eigenvalue weighted by atomic mass is 10.0. The van der Waals surface area contributed by atoms with Gasteiger partial charge in [-0.25, -0.2) is 12.7 Å². The van der Waals surface area contributed by atoms with Crippen molar-refractivity contribution in [1.82, 2.24) is 14.5 Å². The summed E-state index contributed by atoms with van der Waals surface area (Å²) in [4.78, 5) is 7.61. The first-order valence-electron chi connectivity index (χ1n) is 7.81. The summed E-state index contributed by atoms with van der Waals surface area (Å²) in [5.74, 6) is 1.57. The van der Waals surface area contributed by atoms with Crippen LogP contribution in [0.15, 0.2) is 21.3 Å². The SMILES string of the molecule is CN=C(NCc1ccc(S(=O)(=O)N(C)C)s1)N1CCCC(C)C1. The van der Waals surface area contributed by atoms with E-state index < -0.39 is 10.0 Å². The molecule has 1 N–H and O–H groups in total. The second-order valence-electron chi connectivity index (χ2n) is 6.10. The first kappa shape index (κ1) is 18.2. The van der Waals surface area contributed by atoms with Crippen molar-refractivity contribution in [1.29, 1.82) is 0 Å². The Morgan fingerprint density at radius 1 is 1.48 bits per heavy atom. The van der Waals surface area contributed by atoms with Crippen molar-refractivity contribution in [2.24, 2.45) is 10.9 Å². The highest BCUT2D eigenvalue weighted by Crippen LogP contribution is 2.23. The smallest absolute Gasteiger partial charge is 0.252 e. The van der Waals surface area contributed by atoms with Gasteiger partial charge in [0.25, 0.3) is 10.0 Å². The Hall–Kier alpha value is -1.12. The number of rotatable bonds is 4. The Labute approximate surface area is 143 Å². The van der Waals surface area contributed by atoms with Crippen LogP contribution in [-0.2, 0) is 16.6 Å². The normalized spacial score (nSPS) is 20.1. The van der Waals surface area contributed by atoms with Crippen molar-refractivity contribution in [2.75, 3.05) is 34.2 Å². The predicted octanol–water partition coefficient (Wildman–Crippen LogP) is 1.81. The summed E-state index contributed by atoms with van der Waals surface area (Å²) in [6, 6.07) is 3.53. The van der Waals surface area contributed by atoms with Gasteiger partial charge in [0.1, 0.15) is 4.21 Å². The fourth-order valence-electron chi connectivity index (χ4n) is 2.65. The number of piperidine rings is 1. The molecule has 2 rings (SSSR count). The average molecular weight is 359 g/mol. The molecule has 0 aliphatic carbocycles. The molecule has 0 amide bonds. The molecule has 6 nitrogen and oxygen atoms in total. The molecule has 23 heavy (non-hydrogen) atoms. The highest BCUT2D eigenvalue weighted by Gasteiger charge is 2.21. The molecule has 1 aromatic heterocycles. The third kappa shape index (κ3) is 4.45. The van der Waals surface area contributed by atoms with E-state index in [0.29, 0.717) is 16.7 Å². The molecule has 0 radical (unpaired) electrons. The molecule has 0 saturated carbocycles. The standard InChI is InChI=1S/C15H26N4O2S2/c1-12-6-5-9-19(11-12)15(16-2)17-10-13-7-8-14(22-13)23(20,21)18(3)4/h7-8,12H,5-6,9-11H2,1-4H3,(H,16,17). The van der Waals surface area contributed by atoms with E-state index in [1.165, 1.54) is 28.5 Å². The summed E-state index contributed by atoms with van der Waals surface area (Å²) in [7, 11) is 1.54. The molecule has 8 heteroatoms. The van der Waals surface area contributed by atoms with Gasteiger partial charge in [-0.15, -0.1) is 11.3 Å². The second kappa shape index (κ2) is 7.63. The zero-order valence-electron chi connectivity index (χ0n) is 14.2. The zero-order chi connectivity index (χ0) is 17.0. The Kier molecular flexibility index (Phi) is 6.05. The van der Waals surface area contributed by atoms with Crippen molar-refractivity contribution in [2.45, 2.75) is 30.5 Å². The second-order valence-corrected chi connectivity index (χ2v) is 9.65. The summed E-state index contributed by atoms with van der Waals surface area (Å²) >= 11 is 1.30. The third-order valence-electron chi connectivity index (χ3n) is 3.96. The van der Waals surface area contributed by atoms with E-state index in [4.69, 9.17) is 0 Å². The minimum atomic E-state index is -3.34. The summed E-state index contributed by atoms with van der Waals surface area (Å²) in [5, 5.41) is 3.35. The van der Waals surface area contributed by atoms with Crippen LogP contribution < -0.4 is 5.32 Å². The fraction of sp³-hybridized carbons (Fsp3) is 0.667. The molecule has 130 valence electrons. The lowest BCUT2D eigenvalue weighted by molar-refractivity contribution is 0.266. The zero-order valence-corrected chi connectivity index (χ0v) is 15.9. The van der Waals surface area contributed by atoms with Crippen molar-refractivity contribution in [3.8, 4) is 0 Å². The Morgan fingerprint density at radius 3 is 2.83 bits per heavy atom. The molecular formula is C15H26N4O2S2. The van der Waals surface area contributed by atoms with Crippen LogP contribution in [0.4, 0.5) is 0 Å². The van der Waals surface area contributed by atoms with Gasteiger partial charge in [0, 0.05) is 39.1 Å². The van der Waals surface area contributed by atoms with Gasteiger partial charge in [-0.1, -0.05) is 6.92 Å². The van der Waals surface area contributed by atoms with Crippen molar-refractivity contribution in [3.05, 3.63) is 17.0 Å². The molecule has 2 heterocycles. The minimum Gasteiger partial charge on any atom is -0.351 e. The van der Waals surface area contributed by atoms with Gasteiger partial charge < -0.3 is 10.2 Å². The number of aliphatic imine (C=N–C) groups is 1. The lowest BCUT2D eigenvalue weighted by Crippen LogP contribution is -2.45. The third-order valence-corrected chi connectivity index (χ3v) is 7.33. The Balaban J connectivity index is 1.99. The molecule has 1 unspecified atom stereocenters. The first-order chi connectivity index (χ1) is 10.8. The monoisotopic (exact) mass is 358 g/mol. The van der Waals surface area contributed by atoms with E-state index in [0.717, 1.165) is 23.9 Å². The predicted molar refractivity (Wildman–Crippen MR) is 95.4 cm³/mol. The van der Waals surface area contributed by atoms with E-state index in [2.05, 4.69) is 22.1 Å². The van der Waals surface area contributed by atoms with Gasteiger partial charge in [0.05, 0.1) is 6.54 Å². The number of likely N-dealkylation sites (tertiary alicyclic amines) is 1. The van der Waals surface area contributed by atoms with Crippen LogP contribution >= 0.6 is 11.3 Å². The largest absolute Gasteiger partial charge is 0.351 e. The topological polar surface area (TPSA) is 65.0 Å². The highest BCUT2D eigenvalue weighted by molar-refractivity contribution is 7.91. The van der Waals surface area contributed by atoms with Crippen LogP contribution in [0.5, 0.6) is 0 Å². The van der Waals surface area contributed by atoms with Crippen LogP contribution in [0.25, 0.3) is 0 Å². The summed E-state index contributed by atoms with van der Waals surface area (Å²) in [5.41, 5.74) is 0. The Morgan fingerprint density at radius 2 is 2.22 bits per heavy atom. The lowest BCUT2D eigenvalue weighted by Gasteiger charge is -2.33. The quantitative estimate of drug-likeness (QED) is 0.658. The van der Waals surface area contributed by atoms with Crippen LogP contribution in [0.3, 0.4) is 0 Å². The molecule has 1 fully saturated rings. The molecule has 1 atom stereocenters. The molecule has 1 aliphatic heterocycles. The number of nitrogens with zero attached hydrogens (tertiary/aromatic N) is 3. The van der Waals surface area contributed by atoms with Crippen LogP contribution in [0.1, 0.15) is 24.6 Å². The Bertz CT molecular complexity index is 652. The van der Waals surface area contributed by atoms with Crippen molar-refractivity contribution < 1.29 is 8.42 Å². The van der Waals surface area contributed by atoms with Gasteiger partial charge in [0.2, 0.25) is 0 Å². The fourth-order valence-corrected chi connectivity index (χ4v) is 5.12. The van der Waals surface area contributed by atoms with Gasteiger partial charge in [-0.3, -0.25) is 4.99 Å². The van der Waals surface area contributed by atoms with E-state index >= 15 is 0 Å².